The van der Waals surface area contributed by atoms with Crippen LogP contribution in [0.4, 0.5) is 0 Å². The Morgan fingerprint density at radius 2 is 1.67 bits per heavy atom. The van der Waals surface area contributed by atoms with Crippen molar-refractivity contribution in [3.63, 3.8) is 0 Å². The Labute approximate surface area is 136 Å². The van der Waals surface area contributed by atoms with Crippen molar-refractivity contribution in [2.75, 3.05) is 13.6 Å². The Morgan fingerprint density at radius 1 is 1.05 bits per heavy atom. The molecule has 0 bridgehead atoms. The molecule has 0 aliphatic heterocycles. The fraction of sp³-hybridized carbons (Fsp3) is 0.294. The molecule has 2 aromatic carbocycles. The third kappa shape index (κ3) is 3.78. The summed E-state index contributed by atoms with van der Waals surface area (Å²) < 4.78 is 0. The second kappa shape index (κ2) is 7.28. The van der Waals surface area contributed by atoms with Crippen LogP contribution < -0.4 is 5.73 Å². The Hall–Kier alpha value is -1.06. The van der Waals surface area contributed by atoms with Gasteiger partial charge < -0.3 is 5.73 Å². The van der Waals surface area contributed by atoms with Gasteiger partial charge in [0, 0.05) is 28.7 Å². The van der Waals surface area contributed by atoms with Crippen molar-refractivity contribution in [3.05, 3.63) is 69.7 Å². The first-order valence-corrected chi connectivity index (χ1v) is 7.72. The molecule has 112 valence electrons. The zero-order chi connectivity index (χ0) is 15.4. The van der Waals surface area contributed by atoms with Gasteiger partial charge in [0.1, 0.15) is 0 Å². The van der Waals surface area contributed by atoms with Crippen molar-refractivity contribution in [2.24, 2.45) is 5.73 Å². The average Bonchev–Trinajstić information content (AvgIpc) is 2.50. The number of hydrogen-bond acceptors (Lipinski definition) is 2. The Bertz CT molecular complexity index is 584. The van der Waals surface area contributed by atoms with Gasteiger partial charge in [-0.1, -0.05) is 53.5 Å². The van der Waals surface area contributed by atoms with E-state index in [1.165, 1.54) is 5.56 Å². The number of nitrogens with two attached hydrogens (primary N) is 1. The lowest BCUT2D eigenvalue weighted by atomic mass is 10.0. The largest absolute Gasteiger partial charge is 0.329 e. The lowest BCUT2D eigenvalue weighted by Crippen LogP contribution is -2.32. The topological polar surface area (TPSA) is 29.3 Å². The molecule has 0 aliphatic carbocycles. The molecule has 2 atom stereocenters. The number of nitrogens with zero attached hydrogens (tertiary/aromatic N) is 1. The molecule has 2 aromatic rings. The summed E-state index contributed by atoms with van der Waals surface area (Å²) in [5.41, 5.74) is 8.25. The van der Waals surface area contributed by atoms with Crippen molar-refractivity contribution in [1.82, 2.24) is 4.90 Å². The molecule has 2 rings (SSSR count). The smallest absolute Gasteiger partial charge is 0.0488 e. The van der Waals surface area contributed by atoms with Crippen LogP contribution in [-0.4, -0.2) is 18.5 Å². The summed E-state index contributed by atoms with van der Waals surface area (Å²) in [5.74, 6) is 0. The maximum absolute atomic E-state index is 6.31. The minimum absolute atomic E-state index is 0.0735. The first-order chi connectivity index (χ1) is 10.0. The molecule has 0 heterocycles. The Kier molecular flexibility index (Phi) is 5.65. The second-order valence-electron chi connectivity index (χ2n) is 5.17. The van der Waals surface area contributed by atoms with E-state index in [0.29, 0.717) is 6.54 Å². The molecule has 21 heavy (non-hydrogen) atoms. The summed E-state index contributed by atoms with van der Waals surface area (Å²) in [6.07, 6.45) is 0. The molecule has 2 N–H and O–H groups in total. The van der Waals surface area contributed by atoms with E-state index in [1.54, 1.807) is 0 Å². The van der Waals surface area contributed by atoms with Gasteiger partial charge >= 0.3 is 0 Å². The number of benzene rings is 2. The molecule has 4 heteroatoms. The summed E-state index contributed by atoms with van der Waals surface area (Å²) in [5, 5.41) is 1.50. The van der Waals surface area contributed by atoms with Crippen molar-refractivity contribution in [1.29, 1.82) is 0 Å². The third-order valence-electron chi connectivity index (χ3n) is 3.94. The predicted molar refractivity (Wildman–Crippen MR) is 90.9 cm³/mol. The molecular formula is C17H20Cl2N2. The summed E-state index contributed by atoms with van der Waals surface area (Å²) >= 11 is 12.3. The minimum Gasteiger partial charge on any atom is -0.329 e. The number of likely N-dealkylation sites (N-methyl/N-ethyl adjacent to an activating group) is 1. The number of hydrogen-bond donors (Lipinski definition) is 1. The Balaban J connectivity index is 2.25. The number of halogens is 2. The van der Waals surface area contributed by atoms with Crippen molar-refractivity contribution in [2.45, 2.75) is 19.0 Å². The lowest BCUT2D eigenvalue weighted by Gasteiger charge is -2.33. The van der Waals surface area contributed by atoms with E-state index in [-0.39, 0.29) is 12.1 Å². The normalized spacial score (nSPS) is 14.2. The van der Waals surface area contributed by atoms with E-state index in [2.05, 4.69) is 18.9 Å². The summed E-state index contributed by atoms with van der Waals surface area (Å²) in [7, 11) is 2.07. The van der Waals surface area contributed by atoms with Gasteiger partial charge in [-0.2, -0.15) is 0 Å². The van der Waals surface area contributed by atoms with Crippen LogP contribution in [0.3, 0.4) is 0 Å². The third-order valence-corrected chi connectivity index (χ3v) is 4.54. The molecule has 0 spiro atoms. The first kappa shape index (κ1) is 16.3. The van der Waals surface area contributed by atoms with Crippen LogP contribution in [0.15, 0.2) is 48.5 Å². The number of rotatable bonds is 5. The maximum Gasteiger partial charge on any atom is 0.0488 e. The van der Waals surface area contributed by atoms with E-state index >= 15 is 0 Å². The molecule has 0 radical (unpaired) electrons. The lowest BCUT2D eigenvalue weighted by molar-refractivity contribution is 0.190. The van der Waals surface area contributed by atoms with E-state index < -0.39 is 0 Å². The van der Waals surface area contributed by atoms with Gasteiger partial charge in [0.25, 0.3) is 0 Å². The summed E-state index contributed by atoms with van der Waals surface area (Å²) in [6, 6.07) is 16.1. The average molecular weight is 323 g/mol. The quantitative estimate of drug-likeness (QED) is 0.865. The van der Waals surface area contributed by atoms with Gasteiger partial charge in [-0.3, -0.25) is 4.90 Å². The maximum atomic E-state index is 6.31. The van der Waals surface area contributed by atoms with Gasteiger partial charge in [-0.15, -0.1) is 0 Å². The predicted octanol–water partition coefficient (Wildman–Crippen LogP) is 4.69. The molecule has 0 saturated carbocycles. The zero-order valence-corrected chi connectivity index (χ0v) is 13.8. The van der Waals surface area contributed by atoms with Crippen LogP contribution in [0.2, 0.25) is 10.0 Å². The highest BCUT2D eigenvalue weighted by atomic mass is 35.5. The molecule has 0 amide bonds. The first-order valence-electron chi connectivity index (χ1n) is 6.96. The highest BCUT2D eigenvalue weighted by Crippen LogP contribution is 2.32. The minimum atomic E-state index is 0.0735. The van der Waals surface area contributed by atoms with Gasteiger partial charge in [0.15, 0.2) is 0 Å². The fourth-order valence-electron chi connectivity index (χ4n) is 2.50. The van der Waals surface area contributed by atoms with E-state index in [9.17, 15) is 0 Å². The zero-order valence-electron chi connectivity index (χ0n) is 12.3. The molecule has 0 saturated heterocycles. The van der Waals surface area contributed by atoms with Crippen LogP contribution in [0.1, 0.15) is 30.1 Å². The van der Waals surface area contributed by atoms with Crippen LogP contribution in [-0.2, 0) is 0 Å². The second-order valence-corrected chi connectivity index (χ2v) is 6.01. The molecule has 2 unspecified atom stereocenters. The highest BCUT2D eigenvalue weighted by molar-refractivity contribution is 6.31. The van der Waals surface area contributed by atoms with E-state index in [4.69, 9.17) is 28.9 Å². The van der Waals surface area contributed by atoms with Crippen molar-refractivity contribution in [3.8, 4) is 0 Å². The molecule has 0 fully saturated rings. The van der Waals surface area contributed by atoms with E-state index in [1.807, 2.05) is 48.5 Å². The highest BCUT2D eigenvalue weighted by Gasteiger charge is 2.23. The molecule has 2 nitrogen and oxygen atoms in total. The monoisotopic (exact) mass is 322 g/mol. The van der Waals surface area contributed by atoms with Gasteiger partial charge in [0.2, 0.25) is 0 Å². The van der Waals surface area contributed by atoms with Gasteiger partial charge in [-0.25, -0.2) is 0 Å². The SMILES string of the molecule is CC(c1ccc(Cl)cc1)N(C)C(CN)c1ccccc1Cl. The molecule has 0 aromatic heterocycles. The van der Waals surface area contributed by atoms with Crippen LogP contribution in [0.5, 0.6) is 0 Å². The Morgan fingerprint density at radius 3 is 2.24 bits per heavy atom. The van der Waals surface area contributed by atoms with Crippen LogP contribution in [0, 0.1) is 0 Å². The standard InChI is InChI=1S/C17H20Cl2N2/c1-12(13-7-9-14(18)10-8-13)21(2)17(11-20)15-5-3-4-6-16(15)19/h3-10,12,17H,11,20H2,1-2H3. The summed E-state index contributed by atoms with van der Waals surface area (Å²) in [4.78, 5) is 2.24. The van der Waals surface area contributed by atoms with Gasteiger partial charge in [-0.05, 0) is 43.3 Å². The van der Waals surface area contributed by atoms with Crippen LogP contribution in [0.25, 0.3) is 0 Å². The summed E-state index contributed by atoms with van der Waals surface area (Å²) in [6.45, 7) is 2.67. The van der Waals surface area contributed by atoms with Gasteiger partial charge in [0.05, 0.1) is 0 Å². The molecule has 0 aliphatic rings. The van der Waals surface area contributed by atoms with E-state index in [0.717, 1.165) is 15.6 Å². The van der Waals surface area contributed by atoms with Crippen LogP contribution >= 0.6 is 23.2 Å². The molecular weight excluding hydrogens is 303 g/mol. The van der Waals surface area contributed by atoms with Crippen molar-refractivity contribution < 1.29 is 0 Å². The van der Waals surface area contributed by atoms with Crippen molar-refractivity contribution >= 4 is 23.2 Å². The fourth-order valence-corrected chi connectivity index (χ4v) is 2.89.